The summed E-state index contributed by atoms with van der Waals surface area (Å²) in [6.07, 6.45) is 0. The van der Waals surface area contributed by atoms with Crippen LogP contribution in [0.4, 0.5) is 0 Å². The molecule has 1 aromatic rings. The molecule has 1 heterocycles. The van der Waals surface area contributed by atoms with Crippen molar-refractivity contribution in [2.45, 2.75) is 6.54 Å². The van der Waals surface area contributed by atoms with Crippen LogP contribution >= 0.6 is 34.5 Å². The number of thiophene rings is 1. The molecule has 0 aliphatic rings. The zero-order valence-electron chi connectivity index (χ0n) is 4.53. The van der Waals surface area contributed by atoms with E-state index in [2.05, 4.69) is 0 Å². The maximum absolute atomic E-state index is 5.70. The van der Waals surface area contributed by atoms with Gasteiger partial charge in [-0.05, 0) is 11.6 Å². The van der Waals surface area contributed by atoms with Crippen molar-refractivity contribution < 1.29 is 0 Å². The van der Waals surface area contributed by atoms with E-state index < -0.39 is 0 Å². The van der Waals surface area contributed by atoms with Crippen LogP contribution in [-0.2, 0) is 6.54 Å². The summed E-state index contributed by atoms with van der Waals surface area (Å²) in [5.41, 5.74) is 6.25. The third-order valence-electron chi connectivity index (χ3n) is 0.947. The van der Waals surface area contributed by atoms with Crippen LogP contribution in [0.15, 0.2) is 6.07 Å². The third-order valence-corrected chi connectivity index (χ3v) is 2.52. The summed E-state index contributed by atoms with van der Waals surface area (Å²) in [4.78, 5) is 0. The Bertz CT molecular complexity index is 209. The zero-order valence-corrected chi connectivity index (χ0v) is 6.85. The Balaban J connectivity index is 3.01. The minimum Gasteiger partial charge on any atom is -0.326 e. The Kier molecular flexibility index (Phi) is 2.35. The molecule has 0 aromatic carbocycles. The fourth-order valence-corrected chi connectivity index (χ4v) is 2.02. The fraction of sp³-hybridized carbons (Fsp3) is 0.200. The highest BCUT2D eigenvalue weighted by molar-refractivity contribution is 7.20. The van der Waals surface area contributed by atoms with Crippen LogP contribution in [0.2, 0.25) is 8.67 Å². The largest absolute Gasteiger partial charge is 0.326 e. The predicted molar refractivity (Wildman–Crippen MR) is 42.2 cm³/mol. The summed E-state index contributed by atoms with van der Waals surface area (Å²) in [5, 5.41) is 0. The summed E-state index contributed by atoms with van der Waals surface area (Å²) in [7, 11) is 0. The van der Waals surface area contributed by atoms with Crippen molar-refractivity contribution in [1.29, 1.82) is 0 Å². The van der Waals surface area contributed by atoms with E-state index in [4.69, 9.17) is 28.9 Å². The first-order chi connectivity index (χ1) is 4.24. The first kappa shape index (κ1) is 7.35. The Morgan fingerprint density at radius 1 is 1.56 bits per heavy atom. The van der Waals surface area contributed by atoms with Crippen LogP contribution in [0, 0.1) is 0 Å². The van der Waals surface area contributed by atoms with Crippen LogP contribution in [0.3, 0.4) is 0 Å². The predicted octanol–water partition coefficient (Wildman–Crippen LogP) is 2.51. The summed E-state index contributed by atoms with van der Waals surface area (Å²) in [6, 6.07) is 1.79. The molecular weight excluding hydrogens is 177 g/mol. The van der Waals surface area contributed by atoms with E-state index in [-0.39, 0.29) is 0 Å². The molecule has 4 heteroatoms. The normalized spacial score (nSPS) is 10.1. The van der Waals surface area contributed by atoms with E-state index in [0.29, 0.717) is 15.2 Å². The Morgan fingerprint density at radius 2 is 2.22 bits per heavy atom. The fourth-order valence-electron chi connectivity index (χ4n) is 0.514. The van der Waals surface area contributed by atoms with Crippen LogP contribution < -0.4 is 5.73 Å². The SMILES string of the molecule is NCc1cc(Cl)sc1Cl. The van der Waals surface area contributed by atoms with Gasteiger partial charge in [0, 0.05) is 6.54 Å². The van der Waals surface area contributed by atoms with Gasteiger partial charge in [-0.1, -0.05) is 23.2 Å². The van der Waals surface area contributed by atoms with Gasteiger partial charge in [-0.3, -0.25) is 0 Å². The molecule has 0 spiro atoms. The van der Waals surface area contributed by atoms with Crippen molar-refractivity contribution in [2.75, 3.05) is 0 Å². The molecule has 0 radical (unpaired) electrons. The summed E-state index contributed by atoms with van der Waals surface area (Å²) in [6.45, 7) is 0.460. The molecule has 0 atom stereocenters. The van der Waals surface area contributed by atoms with Crippen molar-refractivity contribution in [3.05, 3.63) is 20.3 Å². The van der Waals surface area contributed by atoms with E-state index in [1.807, 2.05) is 0 Å². The van der Waals surface area contributed by atoms with Gasteiger partial charge < -0.3 is 5.73 Å². The molecule has 0 aliphatic carbocycles. The summed E-state index contributed by atoms with van der Waals surface area (Å²) < 4.78 is 1.39. The molecule has 0 amide bonds. The van der Waals surface area contributed by atoms with Crippen molar-refractivity contribution >= 4 is 34.5 Å². The van der Waals surface area contributed by atoms with Gasteiger partial charge in [0.25, 0.3) is 0 Å². The van der Waals surface area contributed by atoms with Gasteiger partial charge in [-0.25, -0.2) is 0 Å². The molecule has 9 heavy (non-hydrogen) atoms. The standard InChI is InChI=1S/C5H5Cl2NS/c6-4-1-3(2-8)5(7)9-4/h1H,2,8H2. The van der Waals surface area contributed by atoms with Crippen molar-refractivity contribution in [3.63, 3.8) is 0 Å². The van der Waals surface area contributed by atoms with Crippen LogP contribution in [0.1, 0.15) is 5.56 Å². The lowest BCUT2D eigenvalue weighted by atomic mass is 10.3. The molecule has 0 fully saturated rings. The van der Waals surface area contributed by atoms with E-state index in [1.165, 1.54) is 11.3 Å². The molecule has 2 N–H and O–H groups in total. The third kappa shape index (κ3) is 1.58. The second kappa shape index (κ2) is 2.88. The number of rotatable bonds is 1. The van der Waals surface area contributed by atoms with Gasteiger partial charge in [-0.15, -0.1) is 11.3 Å². The van der Waals surface area contributed by atoms with Crippen molar-refractivity contribution in [3.8, 4) is 0 Å². The highest BCUT2D eigenvalue weighted by atomic mass is 35.5. The number of nitrogens with two attached hydrogens (primary N) is 1. The molecule has 0 aliphatic heterocycles. The summed E-state index contributed by atoms with van der Waals surface area (Å²) >= 11 is 12.7. The number of hydrogen-bond acceptors (Lipinski definition) is 2. The summed E-state index contributed by atoms with van der Waals surface area (Å²) in [5.74, 6) is 0. The zero-order chi connectivity index (χ0) is 6.85. The Labute approximate surface area is 67.4 Å². The van der Waals surface area contributed by atoms with Crippen molar-refractivity contribution in [1.82, 2.24) is 0 Å². The van der Waals surface area contributed by atoms with E-state index in [1.54, 1.807) is 6.07 Å². The molecule has 0 unspecified atom stereocenters. The molecule has 0 saturated carbocycles. The van der Waals surface area contributed by atoms with Gasteiger partial charge in [-0.2, -0.15) is 0 Å². The van der Waals surface area contributed by atoms with Gasteiger partial charge in [0.15, 0.2) is 0 Å². The first-order valence-corrected chi connectivity index (χ1v) is 3.95. The molecular formula is C5H5Cl2NS. The lowest BCUT2D eigenvalue weighted by Gasteiger charge is -1.85. The number of hydrogen-bond donors (Lipinski definition) is 1. The van der Waals surface area contributed by atoms with Crippen LogP contribution in [0.25, 0.3) is 0 Å². The molecule has 50 valence electrons. The lowest BCUT2D eigenvalue weighted by molar-refractivity contribution is 1.08. The lowest BCUT2D eigenvalue weighted by Crippen LogP contribution is -1.93. The van der Waals surface area contributed by atoms with Gasteiger partial charge >= 0.3 is 0 Å². The van der Waals surface area contributed by atoms with Gasteiger partial charge in [0.1, 0.15) is 0 Å². The van der Waals surface area contributed by atoms with Crippen LogP contribution in [-0.4, -0.2) is 0 Å². The van der Waals surface area contributed by atoms with Gasteiger partial charge in [0.2, 0.25) is 0 Å². The maximum Gasteiger partial charge on any atom is 0.0989 e. The van der Waals surface area contributed by atoms with E-state index in [0.717, 1.165) is 5.56 Å². The van der Waals surface area contributed by atoms with E-state index >= 15 is 0 Å². The van der Waals surface area contributed by atoms with Crippen LogP contribution in [0.5, 0.6) is 0 Å². The second-order valence-electron chi connectivity index (χ2n) is 1.55. The van der Waals surface area contributed by atoms with Gasteiger partial charge in [0.05, 0.1) is 8.67 Å². The smallest absolute Gasteiger partial charge is 0.0989 e. The minimum atomic E-state index is 0.460. The maximum atomic E-state index is 5.70. The highest BCUT2D eigenvalue weighted by Crippen LogP contribution is 2.30. The molecule has 1 nitrogen and oxygen atoms in total. The molecule has 0 saturated heterocycles. The topological polar surface area (TPSA) is 26.0 Å². The number of halogens is 2. The van der Waals surface area contributed by atoms with Crippen molar-refractivity contribution in [2.24, 2.45) is 5.73 Å². The van der Waals surface area contributed by atoms with E-state index in [9.17, 15) is 0 Å². The molecule has 1 aromatic heterocycles. The Hall–Kier alpha value is 0.240. The molecule has 1 rings (SSSR count). The highest BCUT2D eigenvalue weighted by Gasteiger charge is 2.01. The second-order valence-corrected chi connectivity index (χ2v) is 3.84. The molecule has 0 bridgehead atoms. The average Bonchev–Trinajstić information content (AvgIpc) is 2.10. The monoisotopic (exact) mass is 181 g/mol. The minimum absolute atomic E-state index is 0.460. The first-order valence-electron chi connectivity index (χ1n) is 2.38. The average molecular weight is 182 g/mol. The Morgan fingerprint density at radius 3 is 2.44 bits per heavy atom. The quantitative estimate of drug-likeness (QED) is 0.709.